The lowest BCUT2D eigenvalue weighted by Gasteiger charge is -2.39. The number of carbonyl (C=O) groups excluding carboxylic acids is 1. The van der Waals surface area contributed by atoms with Crippen molar-refractivity contribution in [1.29, 1.82) is 0 Å². The highest BCUT2D eigenvalue weighted by Gasteiger charge is 2.27. The maximum atomic E-state index is 12.2. The molecule has 2 aliphatic heterocycles. The molecule has 100 valence electrons. The van der Waals surface area contributed by atoms with Crippen LogP contribution in [0.5, 0.6) is 0 Å². The average Bonchev–Trinajstić information content (AvgIpc) is 2.28. The number of piperazine rings is 2. The molecule has 6 heteroatoms. The molecule has 0 aliphatic carbocycles. The highest BCUT2D eigenvalue weighted by molar-refractivity contribution is 5.85. The Labute approximate surface area is 109 Å². The van der Waals surface area contributed by atoms with Gasteiger partial charge in [0, 0.05) is 51.4 Å². The minimum atomic E-state index is 0. The largest absolute Gasteiger partial charge is 0.322 e. The first-order chi connectivity index (χ1) is 7.66. The van der Waals surface area contributed by atoms with E-state index in [1.165, 1.54) is 0 Å². The third-order valence-corrected chi connectivity index (χ3v) is 3.28. The van der Waals surface area contributed by atoms with Crippen molar-refractivity contribution in [3.63, 3.8) is 0 Å². The van der Waals surface area contributed by atoms with Crippen LogP contribution in [0.25, 0.3) is 0 Å². The zero-order valence-corrected chi connectivity index (χ0v) is 11.4. The summed E-state index contributed by atoms with van der Waals surface area (Å²) in [4.78, 5) is 16.2. The Kier molecular flexibility index (Phi) is 5.49. The van der Waals surface area contributed by atoms with E-state index in [-0.39, 0.29) is 18.4 Å². The first-order valence-electron chi connectivity index (χ1n) is 6.17. The van der Waals surface area contributed by atoms with Gasteiger partial charge in [-0.05, 0) is 13.8 Å². The molecular formula is C11H23ClN4O. The molecule has 2 atom stereocenters. The zero-order chi connectivity index (χ0) is 11.5. The van der Waals surface area contributed by atoms with Crippen molar-refractivity contribution in [2.24, 2.45) is 0 Å². The van der Waals surface area contributed by atoms with E-state index in [1.54, 1.807) is 0 Å². The van der Waals surface area contributed by atoms with E-state index >= 15 is 0 Å². The summed E-state index contributed by atoms with van der Waals surface area (Å²) in [5.41, 5.74) is 0. The fraction of sp³-hybridized carbons (Fsp3) is 0.909. The van der Waals surface area contributed by atoms with Gasteiger partial charge in [-0.25, -0.2) is 4.79 Å². The van der Waals surface area contributed by atoms with Gasteiger partial charge in [0.05, 0.1) is 0 Å². The second-order valence-electron chi connectivity index (χ2n) is 4.88. The Morgan fingerprint density at radius 3 is 1.76 bits per heavy atom. The number of rotatable bonds is 0. The van der Waals surface area contributed by atoms with E-state index in [4.69, 9.17) is 0 Å². The van der Waals surface area contributed by atoms with Gasteiger partial charge in [0.15, 0.2) is 0 Å². The van der Waals surface area contributed by atoms with E-state index in [0.29, 0.717) is 12.1 Å². The predicted octanol–water partition coefficient (Wildman–Crippen LogP) is 0.116. The summed E-state index contributed by atoms with van der Waals surface area (Å²) < 4.78 is 0. The second kappa shape index (κ2) is 6.42. The lowest BCUT2D eigenvalue weighted by atomic mass is 10.2. The Bertz CT molecular complexity index is 240. The first kappa shape index (κ1) is 14.5. The number of nitrogens with zero attached hydrogens (tertiary/aromatic N) is 2. The van der Waals surface area contributed by atoms with Crippen molar-refractivity contribution in [2.75, 3.05) is 39.3 Å². The van der Waals surface area contributed by atoms with Crippen molar-refractivity contribution in [2.45, 2.75) is 25.9 Å². The topological polar surface area (TPSA) is 47.6 Å². The van der Waals surface area contributed by atoms with Crippen LogP contribution in [0.4, 0.5) is 4.79 Å². The van der Waals surface area contributed by atoms with Gasteiger partial charge in [-0.2, -0.15) is 0 Å². The van der Waals surface area contributed by atoms with E-state index in [0.717, 1.165) is 39.3 Å². The number of carbonyl (C=O) groups is 1. The van der Waals surface area contributed by atoms with Crippen LogP contribution < -0.4 is 10.6 Å². The van der Waals surface area contributed by atoms with Crippen molar-refractivity contribution >= 4 is 18.4 Å². The smallest absolute Gasteiger partial charge is 0.320 e. The van der Waals surface area contributed by atoms with Gasteiger partial charge < -0.3 is 20.4 Å². The number of urea groups is 1. The van der Waals surface area contributed by atoms with Gasteiger partial charge in [0.25, 0.3) is 0 Å². The van der Waals surface area contributed by atoms with Gasteiger partial charge in [0.2, 0.25) is 0 Å². The summed E-state index contributed by atoms with van der Waals surface area (Å²) >= 11 is 0. The van der Waals surface area contributed by atoms with Crippen LogP contribution in [0, 0.1) is 0 Å². The standard InChI is InChI=1S/C11H22N4O.ClH/c1-9-7-14(5-3-12-9)11(16)15-6-4-13-10(2)8-15;/h9-10,12-13H,3-8H2,1-2H3;1H/t9-,10-;/m0./s1. The molecule has 0 aromatic carbocycles. The van der Waals surface area contributed by atoms with Crippen molar-refractivity contribution < 1.29 is 4.79 Å². The third-order valence-electron chi connectivity index (χ3n) is 3.28. The molecule has 0 unspecified atom stereocenters. The molecule has 0 aromatic rings. The molecule has 0 saturated carbocycles. The van der Waals surface area contributed by atoms with E-state index in [9.17, 15) is 4.79 Å². The van der Waals surface area contributed by atoms with Crippen LogP contribution in [0.1, 0.15) is 13.8 Å². The maximum Gasteiger partial charge on any atom is 0.320 e. The summed E-state index contributed by atoms with van der Waals surface area (Å²) in [6, 6.07) is 1.04. The highest BCUT2D eigenvalue weighted by Crippen LogP contribution is 2.07. The van der Waals surface area contributed by atoms with Crippen LogP contribution in [0.2, 0.25) is 0 Å². The number of hydrogen-bond donors (Lipinski definition) is 2. The van der Waals surface area contributed by atoms with E-state index in [1.807, 2.05) is 9.80 Å². The number of halogens is 1. The maximum absolute atomic E-state index is 12.2. The monoisotopic (exact) mass is 262 g/mol. The van der Waals surface area contributed by atoms with Crippen LogP contribution in [-0.4, -0.2) is 67.2 Å². The lowest BCUT2D eigenvalue weighted by molar-refractivity contribution is 0.126. The van der Waals surface area contributed by atoms with Crippen LogP contribution in [0.15, 0.2) is 0 Å². The molecular weight excluding hydrogens is 240 g/mol. The predicted molar refractivity (Wildman–Crippen MR) is 70.7 cm³/mol. The fourth-order valence-corrected chi connectivity index (χ4v) is 2.41. The lowest BCUT2D eigenvalue weighted by Crippen LogP contribution is -2.59. The number of nitrogens with one attached hydrogen (secondary N) is 2. The first-order valence-corrected chi connectivity index (χ1v) is 6.17. The number of amides is 2. The summed E-state index contributed by atoms with van der Waals surface area (Å²) in [7, 11) is 0. The molecule has 2 saturated heterocycles. The summed E-state index contributed by atoms with van der Waals surface area (Å²) in [5, 5.41) is 6.71. The quantitative estimate of drug-likeness (QED) is 0.652. The molecule has 0 aromatic heterocycles. The summed E-state index contributed by atoms with van der Waals surface area (Å²) in [5.74, 6) is 0. The number of hydrogen-bond acceptors (Lipinski definition) is 3. The second-order valence-corrected chi connectivity index (χ2v) is 4.88. The summed E-state index contributed by atoms with van der Waals surface area (Å²) in [6.07, 6.45) is 0. The van der Waals surface area contributed by atoms with Gasteiger partial charge in [0.1, 0.15) is 0 Å². The van der Waals surface area contributed by atoms with E-state index < -0.39 is 0 Å². The van der Waals surface area contributed by atoms with Gasteiger partial charge in [-0.3, -0.25) is 0 Å². The van der Waals surface area contributed by atoms with E-state index in [2.05, 4.69) is 24.5 Å². The Morgan fingerprint density at radius 2 is 1.41 bits per heavy atom. The highest BCUT2D eigenvalue weighted by atomic mass is 35.5. The Hall–Kier alpha value is -0.520. The molecule has 2 aliphatic rings. The molecule has 2 heterocycles. The fourth-order valence-electron chi connectivity index (χ4n) is 2.41. The SMILES string of the molecule is C[C@H]1CN(C(=O)N2CCN[C@@H](C)C2)CCN1.Cl. The molecule has 17 heavy (non-hydrogen) atoms. The zero-order valence-electron chi connectivity index (χ0n) is 10.6. The molecule has 2 N–H and O–H groups in total. The summed E-state index contributed by atoms with van der Waals surface area (Å²) in [6.45, 7) is 9.40. The van der Waals surface area contributed by atoms with Crippen LogP contribution in [0.3, 0.4) is 0 Å². The van der Waals surface area contributed by atoms with Crippen LogP contribution in [-0.2, 0) is 0 Å². The minimum absolute atomic E-state index is 0. The molecule has 0 radical (unpaired) electrons. The van der Waals surface area contributed by atoms with Gasteiger partial charge >= 0.3 is 6.03 Å². The molecule has 2 amide bonds. The average molecular weight is 263 g/mol. The van der Waals surface area contributed by atoms with Gasteiger partial charge in [-0.15, -0.1) is 12.4 Å². The van der Waals surface area contributed by atoms with Crippen molar-refractivity contribution in [3.8, 4) is 0 Å². The molecule has 2 fully saturated rings. The molecule has 5 nitrogen and oxygen atoms in total. The van der Waals surface area contributed by atoms with Crippen molar-refractivity contribution in [1.82, 2.24) is 20.4 Å². The van der Waals surface area contributed by atoms with Crippen molar-refractivity contribution in [3.05, 3.63) is 0 Å². The molecule has 0 bridgehead atoms. The van der Waals surface area contributed by atoms with Crippen LogP contribution >= 0.6 is 12.4 Å². The minimum Gasteiger partial charge on any atom is -0.322 e. The Morgan fingerprint density at radius 1 is 1.00 bits per heavy atom. The molecule has 0 spiro atoms. The van der Waals surface area contributed by atoms with Gasteiger partial charge in [-0.1, -0.05) is 0 Å². The molecule has 2 rings (SSSR count). The Balaban J connectivity index is 0.00000144. The normalized spacial score (nSPS) is 29.8. The third kappa shape index (κ3) is 3.72.